The molecular weight excluding hydrogens is 316 g/mol. The fraction of sp³-hybridized carbons (Fsp3) is 0.650. The average Bonchev–Trinajstić information content (AvgIpc) is 2.83. The van der Waals surface area contributed by atoms with Crippen LogP contribution < -0.4 is 20.1 Å². The zero-order valence-corrected chi connectivity index (χ0v) is 15.5. The molecule has 1 saturated carbocycles. The molecule has 138 valence electrons. The van der Waals surface area contributed by atoms with E-state index in [1.807, 2.05) is 25.1 Å². The molecule has 0 spiro atoms. The van der Waals surface area contributed by atoms with E-state index in [1.165, 1.54) is 12.8 Å². The van der Waals surface area contributed by atoms with E-state index in [0.29, 0.717) is 25.0 Å². The van der Waals surface area contributed by atoms with Crippen LogP contribution in [-0.2, 0) is 4.79 Å². The highest BCUT2D eigenvalue weighted by Crippen LogP contribution is 2.33. The number of benzene rings is 1. The van der Waals surface area contributed by atoms with Gasteiger partial charge in [0.25, 0.3) is 0 Å². The number of carbonyl (C=O) groups is 1. The molecule has 5 heteroatoms. The van der Waals surface area contributed by atoms with Crippen LogP contribution in [0.25, 0.3) is 0 Å². The normalized spacial score (nSPS) is 27.1. The number of amides is 1. The Morgan fingerprint density at radius 1 is 1.12 bits per heavy atom. The number of rotatable bonds is 4. The standard InChI is InChI=1S/C20H30N2O3/c1-13-6-4-7-17(14(13)2)22-20(23)15(3)21-16-8-9-18-19(12-16)25-11-5-10-24-18/h8-9,12-15,17,21H,4-7,10-11H2,1-3H3,(H,22,23)/t13-,14+,15-,17+/m0/s1. The first-order valence-electron chi connectivity index (χ1n) is 9.51. The third-order valence-corrected chi connectivity index (χ3v) is 5.56. The van der Waals surface area contributed by atoms with E-state index in [-0.39, 0.29) is 18.0 Å². The molecular formula is C20H30N2O3. The Bertz CT molecular complexity index is 605. The first-order valence-corrected chi connectivity index (χ1v) is 9.51. The summed E-state index contributed by atoms with van der Waals surface area (Å²) in [5.74, 6) is 2.76. The lowest BCUT2D eigenvalue weighted by molar-refractivity contribution is -0.122. The molecule has 0 unspecified atom stereocenters. The molecule has 2 N–H and O–H groups in total. The molecule has 0 bridgehead atoms. The van der Waals surface area contributed by atoms with Gasteiger partial charge in [-0.25, -0.2) is 0 Å². The molecule has 1 fully saturated rings. The van der Waals surface area contributed by atoms with Crippen LogP contribution in [0.3, 0.4) is 0 Å². The Morgan fingerprint density at radius 3 is 2.68 bits per heavy atom. The smallest absolute Gasteiger partial charge is 0.242 e. The van der Waals surface area contributed by atoms with Crippen molar-refractivity contribution in [2.24, 2.45) is 11.8 Å². The topological polar surface area (TPSA) is 59.6 Å². The highest BCUT2D eigenvalue weighted by molar-refractivity contribution is 5.84. The minimum Gasteiger partial charge on any atom is -0.490 e. The fourth-order valence-corrected chi connectivity index (χ4v) is 3.66. The van der Waals surface area contributed by atoms with Gasteiger partial charge in [-0.3, -0.25) is 4.79 Å². The fourth-order valence-electron chi connectivity index (χ4n) is 3.66. The summed E-state index contributed by atoms with van der Waals surface area (Å²) < 4.78 is 11.4. The van der Waals surface area contributed by atoms with Gasteiger partial charge in [0.15, 0.2) is 11.5 Å². The third-order valence-electron chi connectivity index (χ3n) is 5.56. The van der Waals surface area contributed by atoms with Gasteiger partial charge in [-0.05, 0) is 37.3 Å². The maximum absolute atomic E-state index is 12.6. The van der Waals surface area contributed by atoms with Gasteiger partial charge in [0.05, 0.1) is 13.2 Å². The molecule has 1 heterocycles. The zero-order valence-electron chi connectivity index (χ0n) is 15.5. The van der Waals surface area contributed by atoms with Gasteiger partial charge in [-0.2, -0.15) is 0 Å². The lowest BCUT2D eigenvalue weighted by Gasteiger charge is -2.35. The molecule has 1 aromatic carbocycles. The Hall–Kier alpha value is -1.91. The molecule has 0 saturated heterocycles. The van der Waals surface area contributed by atoms with E-state index in [4.69, 9.17) is 9.47 Å². The number of hydrogen-bond acceptors (Lipinski definition) is 4. The molecule has 1 aromatic rings. The molecule has 1 aliphatic carbocycles. The molecule has 25 heavy (non-hydrogen) atoms. The van der Waals surface area contributed by atoms with Gasteiger partial charge < -0.3 is 20.1 Å². The number of nitrogens with one attached hydrogen (secondary N) is 2. The predicted octanol–water partition coefficient (Wildman–Crippen LogP) is 3.59. The van der Waals surface area contributed by atoms with Gasteiger partial charge in [0.1, 0.15) is 6.04 Å². The second-order valence-electron chi connectivity index (χ2n) is 7.46. The highest BCUT2D eigenvalue weighted by atomic mass is 16.5. The van der Waals surface area contributed by atoms with Crippen LogP contribution in [0, 0.1) is 11.8 Å². The minimum atomic E-state index is -0.297. The van der Waals surface area contributed by atoms with Crippen molar-refractivity contribution < 1.29 is 14.3 Å². The van der Waals surface area contributed by atoms with Gasteiger partial charge in [0.2, 0.25) is 5.91 Å². The lowest BCUT2D eigenvalue weighted by atomic mass is 9.78. The SMILES string of the molecule is C[C@@H]1[C@@H](C)CCC[C@H]1NC(=O)[C@H](C)Nc1ccc2c(c1)OCCCO2. The van der Waals surface area contributed by atoms with Gasteiger partial charge in [-0.15, -0.1) is 0 Å². The average molecular weight is 346 g/mol. The van der Waals surface area contributed by atoms with Gasteiger partial charge >= 0.3 is 0 Å². The zero-order chi connectivity index (χ0) is 17.8. The van der Waals surface area contributed by atoms with Gasteiger partial charge in [-0.1, -0.05) is 26.7 Å². The number of ether oxygens (including phenoxy) is 2. The van der Waals surface area contributed by atoms with Crippen molar-refractivity contribution in [1.82, 2.24) is 5.32 Å². The summed E-state index contributed by atoms with van der Waals surface area (Å²) in [5.41, 5.74) is 0.872. The molecule has 1 amide bonds. The predicted molar refractivity (Wildman–Crippen MR) is 99.2 cm³/mol. The Balaban J connectivity index is 1.59. The minimum absolute atomic E-state index is 0.0538. The molecule has 4 atom stereocenters. The summed E-state index contributed by atoms with van der Waals surface area (Å²) in [6.07, 6.45) is 4.42. The molecule has 2 aliphatic rings. The summed E-state index contributed by atoms with van der Waals surface area (Å²) in [6.45, 7) is 7.76. The van der Waals surface area contributed by atoms with Gasteiger partial charge in [0, 0.05) is 24.2 Å². The first-order chi connectivity index (χ1) is 12.0. The van der Waals surface area contributed by atoms with E-state index < -0.39 is 0 Å². The summed E-state index contributed by atoms with van der Waals surface area (Å²) in [7, 11) is 0. The van der Waals surface area contributed by atoms with Crippen molar-refractivity contribution in [3.8, 4) is 11.5 Å². The van der Waals surface area contributed by atoms with Crippen LogP contribution in [0.5, 0.6) is 11.5 Å². The number of carbonyl (C=O) groups excluding carboxylic acids is 1. The quantitative estimate of drug-likeness (QED) is 0.875. The van der Waals surface area contributed by atoms with E-state index in [9.17, 15) is 4.79 Å². The maximum atomic E-state index is 12.6. The van der Waals surface area contributed by atoms with Crippen molar-refractivity contribution in [2.45, 2.75) is 58.5 Å². The second-order valence-corrected chi connectivity index (χ2v) is 7.46. The van der Waals surface area contributed by atoms with E-state index >= 15 is 0 Å². The Morgan fingerprint density at radius 2 is 1.88 bits per heavy atom. The van der Waals surface area contributed by atoms with Crippen molar-refractivity contribution in [3.05, 3.63) is 18.2 Å². The molecule has 0 radical (unpaired) electrons. The summed E-state index contributed by atoms with van der Waals surface area (Å²) >= 11 is 0. The summed E-state index contributed by atoms with van der Waals surface area (Å²) in [5, 5.41) is 6.51. The number of anilines is 1. The van der Waals surface area contributed by atoms with E-state index in [1.54, 1.807) is 0 Å². The van der Waals surface area contributed by atoms with Crippen LogP contribution >= 0.6 is 0 Å². The van der Waals surface area contributed by atoms with Crippen LogP contribution in [0.15, 0.2) is 18.2 Å². The molecule has 5 nitrogen and oxygen atoms in total. The van der Waals surface area contributed by atoms with Crippen molar-refractivity contribution in [2.75, 3.05) is 18.5 Å². The van der Waals surface area contributed by atoms with Crippen LogP contribution in [-0.4, -0.2) is 31.2 Å². The van der Waals surface area contributed by atoms with E-state index in [2.05, 4.69) is 24.5 Å². The van der Waals surface area contributed by atoms with Crippen molar-refractivity contribution in [3.63, 3.8) is 0 Å². The highest BCUT2D eigenvalue weighted by Gasteiger charge is 2.29. The Labute approximate surface area is 150 Å². The monoisotopic (exact) mass is 346 g/mol. The third kappa shape index (κ3) is 4.39. The van der Waals surface area contributed by atoms with Crippen molar-refractivity contribution in [1.29, 1.82) is 0 Å². The summed E-state index contributed by atoms with van der Waals surface area (Å²) in [4.78, 5) is 12.6. The molecule has 0 aromatic heterocycles. The van der Waals surface area contributed by atoms with Crippen LogP contribution in [0.1, 0.15) is 46.5 Å². The van der Waals surface area contributed by atoms with Crippen molar-refractivity contribution >= 4 is 11.6 Å². The lowest BCUT2D eigenvalue weighted by Crippen LogP contribution is -2.48. The molecule has 1 aliphatic heterocycles. The summed E-state index contributed by atoms with van der Waals surface area (Å²) in [6, 6.07) is 5.73. The maximum Gasteiger partial charge on any atom is 0.242 e. The largest absolute Gasteiger partial charge is 0.490 e. The molecule has 3 rings (SSSR count). The second kappa shape index (κ2) is 7.98. The number of hydrogen-bond donors (Lipinski definition) is 2. The first kappa shape index (κ1) is 17.9. The number of fused-ring (bicyclic) bond motifs is 1. The van der Waals surface area contributed by atoms with E-state index in [0.717, 1.165) is 30.0 Å². The Kier molecular flexibility index (Phi) is 5.71. The van der Waals surface area contributed by atoms with Crippen LogP contribution in [0.2, 0.25) is 0 Å². The van der Waals surface area contributed by atoms with Crippen LogP contribution in [0.4, 0.5) is 5.69 Å².